The van der Waals surface area contributed by atoms with Crippen LogP contribution >= 0.6 is 15.9 Å². The Morgan fingerprint density at radius 2 is 1.65 bits per heavy atom. The van der Waals surface area contributed by atoms with Gasteiger partial charge >= 0.3 is 0 Å². The standard InChI is InChI=1S/C15H12BrF3O/c1-20-10-7-13(18)15(14(19)8-10)11(16)6-9-4-2-3-5-12(9)17/h2-5,7-8,11H,6H2,1H3. The highest BCUT2D eigenvalue weighted by Gasteiger charge is 2.20. The van der Waals surface area contributed by atoms with E-state index in [-0.39, 0.29) is 17.7 Å². The number of alkyl halides is 1. The Hall–Kier alpha value is -1.49. The molecule has 0 amide bonds. The van der Waals surface area contributed by atoms with Crippen molar-refractivity contribution in [1.82, 2.24) is 0 Å². The van der Waals surface area contributed by atoms with E-state index in [4.69, 9.17) is 4.74 Å². The number of methoxy groups -OCH3 is 1. The number of hydrogen-bond donors (Lipinski definition) is 0. The number of hydrogen-bond acceptors (Lipinski definition) is 1. The number of benzene rings is 2. The van der Waals surface area contributed by atoms with Gasteiger partial charge in [0.05, 0.1) is 7.11 Å². The van der Waals surface area contributed by atoms with E-state index in [0.29, 0.717) is 5.56 Å². The summed E-state index contributed by atoms with van der Waals surface area (Å²) in [5, 5.41) is 0. The molecule has 0 bridgehead atoms. The first kappa shape index (κ1) is 14.9. The zero-order chi connectivity index (χ0) is 14.7. The van der Waals surface area contributed by atoms with Crippen molar-refractivity contribution in [2.45, 2.75) is 11.2 Å². The van der Waals surface area contributed by atoms with Crippen LogP contribution in [0.4, 0.5) is 13.2 Å². The van der Waals surface area contributed by atoms with Gasteiger partial charge in [0.1, 0.15) is 23.2 Å². The average Bonchev–Trinajstić information content (AvgIpc) is 2.40. The van der Waals surface area contributed by atoms with Crippen LogP contribution in [0.15, 0.2) is 36.4 Å². The fraction of sp³-hybridized carbons (Fsp3) is 0.200. The lowest BCUT2D eigenvalue weighted by Crippen LogP contribution is -2.04. The van der Waals surface area contributed by atoms with Gasteiger partial charge in [-0.15, -0.1) is 0 Å². The Bertz CT molecular complexity index is 593. The maximum absolute atomic E-state index is 13.9. The average molecular weight is 345 g/mol. The van der Waals surface area contributed by atoms with E-state index in [1.54, 1.807) is 18.2 Å². The Labute approximate surface area is 123 Å². The molecule has 0 aromatic heterocycles. The highest BCUT2D eigenvalue weighted by molar-refractivity contribution is 9.09. The zero-order valence-corrected chi connectivity index (χ0v) is 12.3. The summed E-state index contributed by atoms with van der Waals surface area (Å²) in [6.07, 6.45) is 0.146. The predicted octanol–water partition coefficient (Wildman–Crippen LogP) is 4.79. The van der Waals surface area contributed by atoms with E-state index >= 15 is 0 Å². The topological polar surface area (TPSA) is 9.23 Å². The van der Waals surface area contributed by atoms with Crippen LogP contribution in [0.25, 0.3) is 0 Å². The maximum atomic E-state index is 13.9. The van der Waals surface area contributed by atoms with Crippen LogP contribution in [0.1, 0.15) is 16.0 Å². The van der Waals surface area contributed by atoms with E-state index in [1.165, 1.54) is 13.2 Å². The molecule has 2 aromatic rings. The van der Waals surface area contributed by atoms with E-state index < -0.39 is 22.3 Å². The third kappa shape index (κ3) is 3.15. The van der Waals surface area contributed by atoms with Gasteiger partial charge in [0.25, 0.3) is 0 Å². The molecule has 2 aromatic carbocycles. The summed E-state index contributed by atoms with van der Waals surface area (Å²) in [4.78, 5) is -0.662. The minimum atomic E-state index is -0.722. The van der Waals surface area contributed by atoms with Gasteiger partial charge in [0.15, 0.2) is 0 Å². The van der Waals surface area contributed by atoms with E-state index in [2.05, 4.69) is 15.9 Å². The normalized spacial score (nSPS) is 12.2. The molecular formula is C15H12BrF3O. The quantitative estimate of drug-likeness (QED) is 0.724. The molecule has 0 N–H and O–H groups in total. The second kappa shape index (κ2) is 6.31. The van der Waals surface area contributed by atoms with Crippen LogP contribution in [-0.4, -0.2) is 7.11 Å². The Morgan fingerprint density at radius 1 is 1.05 bits per heavy atom. The van der Waals surface area contributed by atoms with Gasteiger partial charge in [-0.1, -0.05) is 34.1 Å². The Kier molecular flexibility index (Phi) is 4.70. The number of rotatable bonds is 4. The van der Waals surface area contributed by atoms with Gasteiger partial charge in [-0.3, -0.25) is 0 Å². The monoisotopic (exact) mass is 344 g/mol. The van der Waals surface area contributed by atoms with E-state index in [9.17, 15) is 13.2 Å². The molecule has 0 aliphatic rings. The summed E-state index contributed by atoms with van der Waals surface area (Å²) in [5.41, 5.74) is 0.262. The first-order chi connectivity index (χ1) is 9.52. The first-order valence-electron chi connectivity index (χ1n) is 5.93. The SMILES string of the molecule is COc1cc(F)c(C(Br)Cc2ccccc2F)c(F)c1. The lowest BCUT2D eigenvalue weighted by molar-refractivity contribution is 0.405. The molecule has 106 valence electrons. The van der Waals surface area contributed by atoms with Crippen LogP contribution in [0.3, 0.4) is 0 Å². The predicted molar refractivity (Wildman–Crippen MR) is 74.7 cm³/mol. The van der Waals surface area contributed by atoms with Crippen LogP contribution in [-0.2, 0) is 6.42 Å². The van der Waals surface area contributed by atoms with Crippen molar-refractivity contribution in [1.29, 1.82) is 0 Å². The summed E-state index contributed by atoms with van der Waals surface area (Å²) in [6, 6.07) is 8.36. The molecule has 0 heterocycles. The molecule has 1 unspecified atom stereocenters. The van der Waals surface area contributed by atoms with Crippen molar-refractivity contribution < 1.29 is 17.9 Å². The summed E-state index contributed by atoms with van der Waals surface area (Å²) < 4.78 is 46.2. The van der Waals surface area contributed by atoms with E-state index in [0.717, 1.165) is 12.1 Å². The molecule has 0 aliphatic heterocycles. The Morgan fingerprint density at radius 3 is 2.20 bits per heavy atom. The molecule has 0 saturated heterocycles. The minimum absolute atomic E-state index is 0.106. The van der Waals surface area contributed by atoms with Crippen molar-refractivity contribution in [3.63, 3.8) is 0 Å². The molecule has 1 nitrogen and oxygen atoms in total. The van der Waals surface area contributed by atoms with Crippen LogP contribution in [0.5, 0.6) is 5.75 Å². The highest BCUT2D eigenvalue weighted by Crippen LogP contribution is 2.33. The van der Waals surface area contributed by atoms with Gasteiger partial charge in [0.2, 0.25) is 0 Å². The molecule has 0 saturated carbocycles. The summed E-state index contributed by atoms with van der Waals surface area (Å²) in [7, 11) is 1.33. The van der Waals surface area contributed by atoms with Crippen LogP contribution in [0.2, 0.25) is 0 Å². The van der Waals surface area contributed by atoms with Crippen molar-refractivity contribution in [2.24, 2.45) is 0 Å². The lowest BCUT2D eigenvalue weighted by atomic mass is 10.0. The fourth-order valence-corrected chi connectivity index (χ4v) is 2.72. The van der Waals surface area contributed by atoms with Crippen LogP contribution in [0, 0.1) is 17.5 Å². The zero-order valence-electron chi connectivity index (χ0n) is 10.7. The van der Waals surface area contributed by atoms with Crippen LogP contribution < -0.4 is 4.74 Å². The smallest absolute Gasteiger partial charge is 0.134 e. The largest absolute Gasteiger partial charge is 0.497 e. The molecule has 0 spiro atoms. The molecular weight excluding hydrogens is 333 g/mol. The molecule has 2 rings (SSSR count). The fourth-order valence-electron chi connectivity index (χ4n) is 1.94. The minimum Gasteiger partial charge on any atom is -0.497 e. The molecule has 1 atom stereocenters. The van der Waals surface area contributed by atoms with Crippen molar-refractivity contribution in [3.05, 3.63) is 65.0 Å². The second-order valence-corrected chi connectivity index (χ2v) is 5.37. The third-order valence-corrected chi connectivity index (χ3v) is 3.74. The number of ether oxygens (including phenoxy) is 1. The Balaban J connectivity index is 2.30. The van der Waals surface area contributed by atoms with Gasteiger partial charge in [-0.2, -0.15) is 0 Å². The van der Waals surface area contributed by atoms with Crippen molar-refractivity contribution in [2.75, 3.05) is 7.11 Å². The van der Waals surface area contributed by atoms with Gasteiger partial charge in [0, 0.05) is 22.5 Å². The van der Waals surface area contributed by atoms with E-state index in [1.807, 2.05) is 0 Å². The second-order valence-electron chi connectivity index (χ2n) is 4.27. The molecule has 0 fully saturated rings. The lowest BCUT2D eigenvalue weighted by Gasteiger charge is -2.14. The van der Waals surface area contributed by atoms with Gasteiger partial charge in [-0.25, -0.2) is 13.2 Å². The molecule has 5 heteroatoms. The van der Waals surface area contributed by atoms with Crippen molar-refractivity contribution >= 4 is 15.9 Å². The van der Waals surface area contributed by atoms with Gasteiger partial charge < -0.3 is 4.74 Å². The molecule has 20 heavy (non-hydrogen) atoms. The number of halogens is 4. The third-order valence-electron chi connectivity index (χ3n) is 2.96. The summed E-state index contributed by atoms with van der Waals surface area (Å²) in [5.74, 6) is -1.74. The summed E-state index contributed by atoms with van der Waals surface area (Å²) in [6.45, 7) is 0. The molecule has 0 radical (unpaired) electrons. The molecule has 0 aliphatic carbocycles. The maximum Gasteiger partial charge on any atom is 0.134 e. The summed E-state index contributed by atoms with van der Waals surface area (Å²) >= 11 is 3.22. The highest BCUT2D eigenvalue weighted by atomic mass is 79.9. The van der Waals surface area contributed by atoms with Crippen molar-refractivity contribution in [3.8, 4) is 5.75 Å². The van der Waals surface area contributed by atoms with Gasteiger partial charge in [-0.05, 0) is 18.1 Å². The first-order valence-corrected chi connectivity index (χ1v) is 6.85.